The highest BCUT2D eigenvalue weighted by Gasteiger charge is 2.45. The van der Waals surface area contributed by atoms with Crippen LogP contribution in [0, 0.1) is 0 Å². The quantitative estimate of drug-likeness (QED) is 0.903. The Morgan fingerprint density at radius 3 is 3.05 bits per heavy atom. The smallest absolute Gasteiger partial charge is 0.135 e. The summed E-state index contributed by atoms with van der Waals surface area (Å²) in [6.45, 7) is 1.02. The first-order valence-corrected chi connectivity index (χ1v) is 7.24. The van der Waals surface area contributed by atoms with Crippen LogP contribution in [0.2, 0.25) is 5.02 Å². The molecule has 0 spiro atoms. The van der Waals surface area contributed by atoms with Gasteiger partial charge >= 0.3 is 0 Å². The first-order chi connectivity index (χ1) is 10.1. The van der Waals surface area contributed by atoms with Gasteiger partial charge in [-0.25, -0.2) is 0 Å². The summed E-state index contributed by atoms with van der Waals surface area (Å²) >= 11 is 6.28. The summed E-state index contributed by atoms with van der Waals surface area (Å²) in [7, 11) is 1.63. The third-order valence-corrected chi connectivity index (χ3v) is 4.29. The molecule has 0 amide bonds. The van der Waals surface area contributed by atoms with Crippen LogP contribution >= 0.6 is 11.6 Å². The van der Waals surface area contributed by atoms with E-state index in [1.54, 1.807) is 18.0 Å². The highest BCUT2D eigenvalue weighted by Crippen LogP contribution is 2.47. The second-order valence-corrected chi connectivity index (χ2v) is 5.72. The van der Waals surface area contributed by atoms with Crippen molar-refractivity contribution in [3.8, 4) is 0 Å². The average Bonchev–Trinajstić information content (AvgIpc) is 2.97. The number of ether oxygens (including phenoxy) is 1. The Morgan fingerprint density at radius 2 is 2.29 bits per heavy atom. The van der Waals surface area contributed by atoms with Gasteiger partial charge in [-0.05, 0) is 11.1 Å². The van der Waals surface area contributed by atoms with Gasteiger partial charge in [0.05, 0.1) is 30.1 Å². The number of aromatic nitrogens is 2. The molecule has 3 N–H and O–H groups in total. The van der Waals surface area contributed by atoms with Crippen molar-refractivity contribution in [3.63, 3.8) is 0 Å². The van der Waals surface area contributed by atoms with E-state index in [2.05, 4.69) is 5.10 Å². The summed E-state index contributed by atoms with van der Waals surface area (Å²) < 4.78 is 6.78. The molecule has 5 nitrogen and oxygen atoms in total. The number of hydrogen-bond donors (Lipinski definition) is 2. The molecule has 1 aromatic heterocycles. The fourth-order valence-corrected chi connectivity index (χ4v) is 3.38. The predicted molar refractivity (Wildman–Crippen MR) is 80.1 cm³/mol. The van der Waals surface area contributed by atoms with Crippen LogP contribution in [-0.2, 0) is 16.9 Å². The van der Waals surface area contributed by atoms with Crippen molar-refractivity contribution in [2.45, 2.75) is 24.6 Å². The molecule has 112 valence electrons. The molecule has 2 atom stereocenters. The van der Waals surface area contributed by atoms with Crippen molar-refractivity contribution in [3.05, 3.63) is 52.3 Å². The van der Waals surface area contributed by atoms with Crippen molar-refractivity contribution in [2.24, 2.45) is 5.73 Å². The zero-order valence-electron chi connectivity index (χ0n) is 11.8. The molecule has 0 saturated carbocycles. The molecule has 0 radical (unpaired) electrons. The summed E-state index contributed by atoms with van der Waals surface area (Å²) in [4.78, 5) is 0. The molecule has 3 rings (SSSR count). The summed E-state index contributed by atoms with van der Waals surface area (Å²) in [6, 6.07) is 7.45. The highest BCUT2D eigenvalue weighted by atomic mass is 35.5. The van der Waals surface area contributed by atoms with Crippen molar-refractivity contribution in [2.75, 3.05) is 13.7 Å². The molecule has 0 fully saturated rings. The van der Waals surface area contributed by atoms with Crippen LogP contribution in [-0.4, -0.2) is 28.6 Å². The monoisotopic (exact) mass is 307 g/mol. The van der Waals surface area contributed by atoms with Gasteiger partial charge in [0, 0.05) is 19.6 Å². The van der Waals surface area contributed by atoms with Crippen molar-refractivity contribution < 1.29 is 9.84 Å². The largest absolute Gasteiger partial charge is 0.383 e. The third-order valence-electron chi connectivity index (χ3n) is 4.01. The Labute approximate surface area is 128 Å². The molecule has 1 aliphatic rings. The van der Waals surface area contributed by atoms with E-state index in [-0.39, 0.29) is 6.04 Å². The van der Waals surface area contributed by atoms with E-state index < -0.39 is 5.60 Å². The zero-order chi connectivity index (χ0) is 15.0. The molecular formula is C15H18ClN3O2. The van der Waals surface area contributed by atoms with Crippen molar-refractivity contribution in [1.82, 2.24) is 9.78 Å². The number of aliphatic hydroxyl groups is 1. The number of fused-ring (bicyclic) bond motifs is 1. The fourth-order valence-electron chi connectivity index (χ4n) is 3.08. The van der Waals surface area contributed by atoms with E-state index in [0.29, 0.717) is 30.3 Å². The molecule has 1 aromatic carbocycles. The topological polar surface area (TPSA) is 73.3 Å². The number of halogens is 1. The Bertz CT molecular complexity index is 658. The fraction of sp³-hybridized carbons (Fsp3) is 0.400. The molecule has 0 aliphatic heterocycles. The second kappa shape index (κ2) is 5.42. The minimum atomic E-state index is -1.21. The van der Waals surface area contributed by atoms with Gasteiger partial charge in [0.2, 0.25) is 0 Å². The Kier molecular flexibility index (Phi) is 3.75. The van der Waals surface area contributed by atoms with Crippen molar-refractivity contribution >= 4 is 11.6 Å². The van der Waals surface area contributed by atoms with E-state index >= 15 is 0 Å². The number of methoxy groups -OCH3 is 1. The van der Waals surface area contributed by atoms with Crippen LogP contribution in [0.25, 0.3) is 0 Å². The number of hydrogen-bond acceptors (Lipinski definition) is 4. The van der Waals surface area contributed by atoms with E-state index in [9.17, 15) is 5.11 Å². The highest BCUT2D eigenvalue weighted by molar-refractivity contribution is 6.31. The minimum absolute atomic E-state index is 0.215. The molecule has 2 unspecified atom stereocenters. The normalized spacial score (nSPS) is 24.3. The van der Waals surface area contributed by atoms with Gasteiger partial charge in [-0.15, -0.1) is 0 Å². The van der Waals surface area contributed by atoms with Crippen molar-refractivity contribution in [1.29, 1.82) is 0 Å². The maximum Gasteiger partial charge on any atom is 0.135 e. The number of nitrogens with two attached hydrogens (primary N) is 1. The molecule has 21 heavy (non-hydrogen) atoms. The third kappa shape index (κ3) is 2.26. The standard InChI is InChI=1S/C15H18ClN3O2/c1-21-7-6-19-14(12(16)9-18-19)15(20)8-13(17)10-4-2-3-5-11(10)15/h2-5,9,13,20H,6-8,17H2,1H3. The van der Waals surface area contributed by atoms with Gasteiger partial charge in [0.15, 0.2) is 0 Å². The summed E-state index contributed by atoms with van der Waals surface area (Å²) in [5, 5.41) is 16.0. The summed E-state index contributed by atoms with van der Waals surface area (Å²) in [5.74, 6) is 0. The van der Waals surface area contributed by atoms with Crippen LogP contribution in [0.4, 0.5) is 0 Å². The van der Waals surface area contributed by atoms with E-state index in [1.807, 2.05) is 24.3 Å². The van der Waals surface area contributed by atoms with Crippen LogP contribution < -0.4 is 5.73 Å². The molecular weight excluding hydrogens is 290 g/mol. The Balaban J connectivity index is 2.10. The average molecular weight is 308 g/mol. The first kappa shape index (κ1) is 14.5. The molecule has 2 aromatic rings. The number of benzene rings is 1. The van der Waals surface area contributed by atoms with Crippen LogP contribution in [0.1, 0.15) is 29.3 Å². The lowest BCUT2D eigenvalue weighted by atomic mass is 9.92. The minimum Gasteiger partial charge on any atom is -0.383 e. The van der Waals surface area contributed by atoms with E-state index in [0.717, 1.165) is 11.1 Å². The maximum atomic E-state index is 11.3. The SMILES string of the molecule is COCCn1ncc(Cl)c1C1(O)CC(N)c2ccccc21. The lowest BCUT2D eigenvalue weighted by Gasteiger charge is -2.26. The lowest BCUT2D eigenvalue weighted by Crippen LogP contribution is -2.30. The maximum absolute atomic E-state index is 11.3. The van der Waals surface area contributed by atoms with Gasteiger partial charge < -0.3 is 15.6 Å². The van der Waals surface area contributed by atoms with Gasteiger partial charge in [0.1, 0.15) is 5.60 Å². The Hall–Kier alpha value is -1.40. The van der Waals surface area contributed by atoms with Gasteiger partial charge in [-0.1, -0.05) is 35.9 Å². The summed E-state index contributed by atoms with van der Waals surface area (Å²) in [5.41, 5.74) is 7.30. The lowest BCUT2D eigenvalue weighted by molar-refractivity contribution is 0.0655. The van der Waals surface area contributed by atoms with Crippen LogP contribution in [0.15, 0.2) is 30.5 Å². The zero-order valence-corrected chi connectivity index (χ0v) is 12.5. The molecule has 6 heteroatoms. The number of nitrogens with zero attached hydrogens (tertiary/aromatic N) is 2. The van der Waals surface area contributed by atoms with Crippen LogP contribution in [0.3, 0.4) is 0 Å². The van der Waals surface area contributed by atoms with Gasteiger partial charge in [-0.2, -0.15) is 5.10 Å². The summed E-state index contributed by atoms with van der Waals surface area (Å²) in [6.07, 6.45) is 1.95. The molecule has 1 aliphatic carbocycles. The Morgan fingerprint density at radius 1 is 1.52 bits per heavy atom. The number of rotatable bonds is 4. The first-order valence-electron chi connectivity index (χ1n) is 6.86. The van der Waals surface area contributed by atoms with E-state index in [4.69, 9.17) is 22.1 Å². The predicted octanol–water partition coefficient (Wildman–Crippen LogP) is 1.82. The molecule has 1 heterocycles. The van der Waals surface area contributed by atoms with E-state index in [1.165, 1.54) is 0 Å². The molecule has 0 bridgehead atoms. The van der Waals surface area contributed by atoms with Crippen LogP contribution in [0.5, 0.6) is 0 Å². The van der Waals surface area contributed by atoms with Gasteiger partial charge in [-0.3, -0.25) is 4.68 Å². The second-order valence-electron chi connectivity index (χ2n) is 5.32. The van der Waals surface area contributed by atoms with Gasteiger partial charge in [0.25, 0.3) is 0 Å². The molecule has 0 saturated heterocycles.